The molecule has 3 aromatic rings. The van der Waals surface area contributed by atoms with Crippen LogP contribution in [-0.4, -0.2) is 83.3 Å². The van der Waals surface area contributed by atoms with E-state index in [1.807, 2.05) is 50.8 Å². The number of carbonyl (C=O) groups is 1. The predicted molar refractivity (Wildman–Crippen MR) is 163 cm³/mol. The minimum absolute atomic E-state index is 0.155. The highest BCUT2D eigenvalue weighted by atomic mass is 16.1. The molecule has 1 aliphatic rings. The zero-order valence-electron chi connectivity index (χ0n) is 25.6. The number of nitrogens with one attached hydrogen (secondary N) is 2. The lowest BCUT2D eigenvalue weighted by Crippen LogP contribution is -2.44. The molecule has 40 heavy (non-hydrogen) atoms. The predicted octanol–water partition coefficient (Wildman–Crippen LogP) is 3.75. The van der Waals surface area contributed by atoms with E-state index in [0.717, 1.165) is 65.9 Å². The fourth-order valence-electron chi connectivity index (χ4n) is 6.30. The number of pyridine rings is 1. The van der Waals surface area contributed by atoms with Gasteiger partial charge in [0.25, 0.3) is 11.5 Å². The molecule has 1 fully saturated rings. The van der Waals surface area contributed by atoms with Gasteiger partial charge in [-0.2, -0.15) is 5.10 Å². The van der Waals surface area contributed by atoms with Crippen molar-refractivity contribution in [2.24, 2.45) is 7.05 Å². The van der Waals surface area contributed by atoms with Crippen LogP contribution >= 0.6 is 0 Å². The first-order valence-electron chi connectivity index (χ1n) is 14.6. The number of aromatic amines is 1. The summed E-state index contributed by atoms with van der Waals surface area (Å²) in [5.41, 5.74) is 5.74. The zero-order valence-corrected chi connectivity index (χ0v) is 25.6. The van der Waals surface area contributed by atoms with Gasteiger partial charge in [0.1, 0.15) is 0 Å². The van der Waals surface area contributed by atoms with Crippen molar-refractivity contribution in [3.05, 3.63) is 56.6 Å². The maximum atomic E-state index is 13.6. The summed E-state index contributed by atoms with van der Waals surface area (Å²) in [5.74, 6) is -0.177. The zero-order chi connectivity index (χ0) is 29.1. The molecule has 1 aliphatic carbocycles. The van der Waals surface area contributed by atoms with Gasteiger partial charge in [-0.15, -0.1) is 0 Å². The third kappa shape index (κ3) is 6.25. The second-order valence-corrected chi connectivity index (χ2v) is 11.8. The molecule has 2 N–H and O–H groups in total. The van der Waals surface area contributed by atoms with E-state index in [0.29, 0.717) is 23.2 Å². The summed E-state index contributed by atoms with van der Waals surface area (Å²) in [6.07, 6.45) is 6.52. The minimum Gasteiger partial charge on any atom is -0.368 e. The second-order valence-electron chi connectivity index (χ2n) is 11.8. The average Bonchev–Trinajstić information content (AvgIpc) is 3.28. The Kier molecular flexibility index (Phi) is 9.36. The maximum Gasteiger partial charge on any atom is 0.253 e. The van der Waals surface area contributed by atoms with E-state index in [4.69, 9.17) is 0 Å². The third-order valence-corrected chi connectivity index (χ3v) is 8.70. The number of carbonyl (C=O) groups excluding carboxylic acids is 1. The molecule has 0 radical (unpaired) electrons. The minimum atomic E-state index is -0.177. The average molecular weight is 550 g/mol. The largest absolute Gasteiger partial charge is 0.368 e. The molecular formula is C31H47N7O2. The Labute approximate surface area is 238 Å². The SMILES string of the molecule is CCN(c1c(C)c(C(=O)NCc2c(C)cc(C)[nH]c2=O)cc2c1cnn2C)C1CCC(N(C)CCN(C)C)CC1. The molecule has 2 heterocycles. The fourth-order valence-corrected chi connectivity index (χ4v) is 6.30. The quantitative estimate of drug-likeness (QED) is 0.401. The number of hydrogen-bond acceptors (Lipinski definition) is 6. The maximum absolute atomic E-state index is 13.6. The molecule has 218 valence electrons. The smallest absolute Gasteiger partial charge is 0.253 e. The number of anilines is 1. The van der Waals surface area contributed by atoms with Gasteiger partial charge in [-0.1, -0.05) is 0 Å². The van der Waals surface area contributed by atoms with Crippen molar-refractivity contribution in [1.82, 2.24) is 29.9 Å². The van der Waals surface area contributed by atoms with Crippen LogP contribution in [0.4, 0.5) is 5.69 Å². The van der Waals surface area contributed by atoms with E-state index in [1.165, 1.54) is 12.8 Å². The van der Waals surface area contributed by atoms with Crippen LogP contribution in [0.3, 0.4) is 0 Å². The molecule has 0 bridgehead atoms. The summed E-state index contributed by atoms with van der Waals surface area (Å²) in [7, 11) is 8.43. The fraction of sp³-hybridized carbons (Fsp3) is 0.581. The van der Waals surface area contributed by atoms with Gasteiger partial charge in [-0.3, -0.25) is 14.3 Å². The van der Waals surface area contributed by atoms with E-state index < -0.39 is 0 Å². The third-order valence-electron chi connectivity index (χ3n) is 8.70. The number of amides is 1. The van der Waals surface area contributed by atoms with Crippen LogP contribution in [0.1, 0.15) is 65.3 Å². The number of hydrogen-bond donors (Lipinski definition) is 2. The van der Waals surface area contributed by atoms with Gasteiger partial charge in [0, 0.05) is 67.5 Å². The van der Waals surface area contributed by atoms with Crippen LogP contribution in [0.25, 0.3) is 10.9 Å². The first-order chi connectivity index (χ1) is 19.0. The first kappa shape index (κ1) is 29.8. The molecule has 1 aromatic carbocycles. The van der Waals surface area contributed by atoms with Crippen LogP contribution in [-0.2, 0) is 13.6 Å². The van der Waals surface area contributed by atoms with E-state index in [9.17, 15) is 9.59 Å². The second kappa shape index (κ2) is 12.6. The van der Waals surface area contributed by atoms with Crippen LogP contribution in [0.15, 0.2) is 23.1 Å². The van der Waals surface area contributed by atoms with Crippen LogP contribution in [0, 0.1) is 20.8 Å². The van der Waals surface area contributed by atoms with Crippen molar-refractivity contribution < 1.29 is 4.79 Å². The number of likely N-dealkylation sites (N-methyl/N-ethyl adjacent to an activating group) is 2. The lowest BCUT2D eigenvalue weighted by Gasteiger charge is -2.41. The Morgan fingerprint density at radius 2 is 1.75 bits per heavy atom. The molecule has 1 saturated carbocycles. The summed E-state index contributed by atoms with van der Waals surface area (Å²) in [5, 5.41) is 8.65. The van der Waals surface area contributed by atoms with Gasteiger partial charge in [0.05, 0.1) is 17.4 Å². The number of aromatic nitrogens is 3. The Morgan fingerprint density at radius 1 is 1.07 bits per heavy atom. The summed E-state index contributed by atoms with van der Waals surface area (Å²) >= 11 is 0. The summed E-state index contributed by atoms with van der Waals surface area (Å²) in [4.78, 5) is 36.2. The molecule has 0 aliphatic heterocycles. The van der Waals surface area contributed by atoms with Gasteiger partial charge >= 0.3 is 0 Å². The summed E-state index contributed by atoms with van der Waals surface area (Å²) in [6.45, 7) is 11.2. The molecule has 0 atom stereocenters. The number of H-pyrrole nitrogens is 1. The number of benzene rings is 1. The number of nitrogens with zero attached hydrogens (tertiary/aromatic N) is 5. The molecule has 1 amide bonds. The molecule has 0 unspecified atom stereocenters. The van der Waals surface area contributed by atoms with Crippen LogP contribution < -0.4 is 15.8 Å². The van der Waals surface area contributed by atoms with E-state index in [-0.39, 0.29) is 18.0 Å². The van der Waals surface area contributed by atoms with Gasteiger partial charge in [-0.05, 0) is 97.8 Å². The topological polar surface area (TPSA) is 89.5 Å². The van der Waals surface area contributed by atoms with Gasteiger partial charge in [-0.25, -0.2) is 0 Å². The van der Waals surface area contributed by atoms with E-state index in [2.05, 4.69) is 58.2 Å². The van der Waals surface area contributed by atoms with Crippen molar-refractivity contribution in [3.63, 3.8) is 0 Å². The Hall–Kier alpha value is -3.17. The molecular weight excluding hydrogens is 502 g/mol. The molecule has 2 aromatic heterocycles. The number of fused-ring (bicyclic) bond motifs is 1. The molecule has 0 spiro atoms. The van der Waals surface area contributed by atoms with Gasteiger partial charge < -0.3 is 25.0 Å². The van der Waals surface area contributed by atoms with Crippen LogP contribution in [0.5, 0.6) is 0 Å². The van der Waals surface area contributed by atoms with Gasteiger partial charge in [0.2, 0.25) is 0 Å². The number of aryl methyl sites for hydroxylation is 3. The molecule has 9 nitrogen and oxygen atoms in total. The van der Waals surface area contributed by atoms with Gasteiger partial charge in [0.15, 0.2) is 0 Å². The van der Waals surface area contributed by atoms with Crippen molar-refractivity contribution in [2.45, 2.75) is 72.0 Å². The Bertz CT molecular complexity index is 1400. The van der Waals surface area contributed by atoms with Crippen molar-refractivity contribution >= 4 is 22.5 Å². The molecule has 9 heteroatoms. The van der Waals surface area contributed by atoms with Crippen molar-refractivity contribution in [2.75, 3.05) is 45.7 Å². The lowest BCUT2D eigenvalue weighted by molar-refractivity contribution is 0.0950. The molecule has 0 saturated heterocycles. The number of rotatable bonds is 10. The highest BCUT2D eigenvalue weighted by molar-refractivity contribution is 6.05. The Balaban J connectivity index is 1.59. The standard InChI is InChI=1S/C31H47N7O2/c1-9-38(24-12-10-23(11-13-24)36(7)15-14-35(5)6)29-22(4)25(17-28-27(29)19-33-37(28)8)30(39)32-18-26-20(2)16-21(3)34-31(26)40/h16-17,19,23-24H,9-15,18H2,1-8H3,(H,32,39)(H,34,40). The van der Waals surface area contributed by atoms with E-state index in [1.54, 1.807) is 0 Å². The van der Waals surface area contributed by atoms with E-state index >= 15 is 0 Å². The van der Waals surface area contributed by atoms with Crippen molar-refractivity contribution in [3.8, 4) is 0 Å². The monoisotopic (exact) mass is 549 g/mol. The highest BCUT2D eigenvalue weighted by Crippen LogP contribution is 2.37. The molecule has 4 rings (SSSR count). The van der Waals surface area contributed by atoms with Crippen LogP contribution in [0.2, 0.25) is 0 Å². The first-order valence-corrected chi connectivity index (χ1v) is 14.6. The van der Waals surface area contributed by atoms with Crippen molar-refractivity contribution in [1.29, 1.82) is 0 Å². The highest BCUT2D eigenvalue weighted by Gasteiger charge is 2.30. The summed E-state index contributed by atoms with van der Waals surface area (Å²) < 4.78 is 1.84. The normalized spacial score (nSPS) is 17.6. The Morgan fingerprint density at radius 3 is 2.38 bits per heavy atom. The summed E-state index contributed by atoms with van der Waals surface area (Å²) in [6, 6.07) is 4.90. The lowest BCUT2D eigenvalue weighted by atomic mass is 9.88.